The highest BCUT2D eigenvalue weighted by Crippen LogP contribution is 2.52. The summed E-state index contributed by atoms with van der Waals surface area (Å²) >= 11 is 2.76. The van der Waals surface area contributed by atoms with Crippen LogP contribution in [0.4, 0.5) is 0 Å². The van der Waals surface area contributed by atoms with E-state index in [2.05, 4.69) is 4.72 Å². The van der Waals surface area contributed by atoms with Crippen LogP contribution >= 0.6 is 22.7 Å². The molecule has 0 bridgehead atoms. The minimum atomic E-state index is -3.97. The Labute approximate surface area is 181 Å². The third kappa shape index (κ3) is 3.26. The van der Waals surface area contributed by atoms with Gasteiger partial charge in [-0.25, -0.2) is 8.42 Å². The van der Waals surface area contributed by atoms with Crippen LogP contribution in [0, 0.1) is 0 Å². The lowest BCUT2D eigenvalue weighted by Crippen LogP contribution is -2.44. The first-order chi connectivity index (χ1) is 14.4. The number of hydrogen-bond donors (Lipinski definition) is 2. The summed E-state index contributed by atoms with van der Waals surface area (Å²) in [5, 5.41) is 10.9. The largest absolute Gasteiger partial charge is 0.480 e. The van der Waals surface area contributed by atoms with E-state index in [0.717, 1.165) is 36.7 Å². The van der Waals surface area contributed by atoms with E-state index >= 15 is 0 Å². The van der Waals surface area contributed by atoms with Crippen molar-refractivity contribution >= 4 is 48.8 Å². The Morgan fingerprint density at radius 2 is 1.70 bits per heavy atom. The molecule has 5 rings (SSSR count). The minimum Gasteiger partial charge on any atom is -0.480 e. The van der Waals surface area contributed by atoms with Crippen molar-refractivity contribution in [3.8, 4) is 9.75 Å². The van der Waals surface area contributed by atoms with Crippen LogP contribution in [-0.2, 0) is 14.8 Å². The van der Waals surface area contributed by atoms with Crippen LogP contribution in [-0.4, -0.2) is 25.0 Å². The molecular weight excluding hydrogens is 438 g/mol. The van der Waals surface area contributed by atoms with Gasteiger partial charge >= 0.3 is 5.97 Å². The minimum absolute atomic E-state index is 0.120. The molecular formula is C22H17NO4S3. The van der Waals surface area contributed by atoms with E-state index in [-0.39, 0.29) is 16.5 Å². The van der Waals surface area contributed by atoms with E-state index < -0.39 is 21.5 Å². The number of hydrogen-bond acceptors (Lipinski definition) is 5. The number of fused-ring (bicyclic) bond motifs is 1. The molecule has 0 spiro atoms. The summed E-state index contributed by atoms with van der Waals surface area (Å²) in [7, 11) is -3.97. The zero-order valence-corrected chi connectivity index (χ0v) is 18.1. The second-order valence-electron chi connectivity index (χ2n) is 7.32. The van der Waals surface area contributed by atoms with Crippen molar-refractivity contribution in [2.75, 3.05) is 0 Å². The van der Waals surface area contributed by atoms with Gasteiger partial charge in [0.25, 0.3) is 10.0 Å². The van der Waals surface area contributed by atoms with Crippen molar-refractivity contribution in [2.45, 2.75) is 22.1 Å². The third-order valence-electron chi connectivity index (χ3n) is 5.38. The van der Waals surface area contributed by atoms with E-state index in [0.29, 0.717) is 0 Å². The number of thiophene rings is 2. The molecule has 0 amide bonds. The number of carboxylic acid groups (broad SMARTS) is 1. The van der Waals surface area contributed by atoms with Crippen LogP contribution in [0.3, 0.4) is 0 Å². The second kappa shape index (κ2) is 7.02. The van der Waals surface area contributed by atoms with Gasteiger partial charge in [-0.05, 0) is 41.6 Å². The zero-order chi connectivity index (χ0) is 20.9. The van der Waals surface area contributed by atoms with Crippen molar-refractivity contribution in [2.24, 2.45) is 0 Å². The van der Waals surface area contributed by atoms with Crippen LogP contribution in [0.15, 0.2) is 77.0 Å². The monoisotopic (exact) mass is 455 g/mol. The van der Waals surface area contributed by atoms with Gasteiger partial charge < -0.3 is 5.11 Å². The number of benzene rings is 2. The van der Waals surface area contributed by atoms with Crippen LogP contribution < -0.4 is 4.72 Å². The van der Waals surface area contributed by atoms with Crippen LogP contribution in [0.1, 0.15) is 17.9 Å². The van der Waals surface area contributed by atoms with Gasteiger partial charge in [0, 0.05) is 20.4 Å². The van der Waals surface area contributed by atoms with Gasteiger partial charge in [0.05, 0.1) is 0 Å². The molecule has 0 saturated heterocycles. The predicted molar refractivity (Wildman–Crippen MR) is 120 cm³/mol. The number of carbonyl (C=O) groups is 1. The maximum absolute atomic E-state index is 13.0. The molecule has 1 saturated carbocycles. The molecule has 30 heavy (non-hydrogen) atoms. The molecule has 1 aliphatic carbocycles. The lowest BCUT2D eigenvalue weighted by atomic mass is 10.1. The van der Waals surface area contributed by atoms with E-state index in [9.17, 15) is 18.3 Å². The van der Waals surface area contributed by atoms with E-state index in [1.165, 1.54) is 0 Å². The van der Waals surface area contributed by atoms with Gasteiger partial charge in [0.1, 0.15) is 9.75 Å². The van der Waals surface area contributed by atoms with E-state index in [1.807, 2.05) is 60.7 Å². The van der Waals surface area contributed by atoms with Gasteiger partial charge in [-0.2, -0.15) is 4.72 Å². The molecule has 1 fully saturated rings. The van der Waals surface area contributed by atoms with Gasteiger partial charge in [-0.3, -0.25) is 4.79 Å². The first kappa shape index (κ1) is 19.4. The summed E-state index contributed by atoms with van der Waals surface area (Å²) in [5.41, 5.74) is -0.679. The second-order valence-corrected chi connectivity index (χ2v) is 11.4. The summed E-state index contributed by atoms with van der Waals surface area (Å²) < 4.78 is 29.8. The molecule has 1 aliphatic rings. The quantitative estimate of drug-likeness (QED) is 0.432. The summed E-state index contributed by atoms with van der Waals surface area (Å²) in [6.07, 6.45) is 0.236. The first-order valence-corrected chi connectivity index (χ1v) is 12.4. The van der Waals surface area contributed by atoms with Crippen molar-refractivity contribution in [3.63, 3.8) is 0 Å². The fourth-order valence-electron chi connectivity index (χ4n) is 3.73. The number of carboxylic acids is 1. The highest BCUT2D eigenvalue weighted by atomic mass is 32.2. The van der Waals surface area contributed by atoms with Crippen molar-refractivity contribution in [3.05, 3.63) is 78.4 Å². The summed E-state index contributed by atoms with van der Waals surface area (Å²) in [5.74, 6) is -1.53. The molecule has 4 aromatic rings. The fourth-order valence-corrected chi connectivity index (χ4v) is 7.59. The topological polar surface area (TPSA) is 83.5 Å². The normalized spacial score (nSPS) is 21.0. The Bertz CT molecular complexity index is 1320. The van der Waals surface area contributed by atoms with Crippen LogP contribution in [0.25, 0.3) is 19.8 Å². The molecule has 8 heteroatoms. The molecule has 2 N–H and O–H groups in total. The molecule has 5 nitrogen and oxygen atoms in total. The Balaban J connectivity index is 1.43. The molecule has 2 aromatic carbocycles. The summed E-state index contributed by atoms with van der Waals surface area (Å²) in [6.45, 7) is 0. The first-order valence-electron chi connectivity index (χ1n) is 9.30. The number of aliphatic carboxylic acids is 1. The predicted octanol–water partition coefficient (Wildman–Crippen LogP) is 4.92. The molecule has 152 valence electrons. The maximum Gasteiger partial charge on any atom is 0.325 e. The molecule has 0 radical (unpaired) electrons. The van der Waals surface area contributed by atoms with Crippen molar-refractivity contribution in [1.82, 2.24) is 4.72 Å². The zero-order valence-electron chi connectivity index (χ0n) is 15.6. The van der Waals surface area contributed by atoms with Gasteiger partial charge in [-0.15, -0.1) is 22.7 Å². The molecule has 0 unspecified atom stereocenters. The van der Waals surface area contributed by atoms with Gasteiger partial charge in [-0.1, -0.05) is 48.5 Å². The third-order valence-corrected chi connectivity index (χ3v) is 9.77. The van der Waals surface area contributed by atoms with Crippen LogP contribution in [0.5, 0.6) is 0 Å². The smallest absolute Gasteiger partial charge is 0.325 e. The number of sulfonamides is 1. The fraction of sp³-hybridized carbons (Fsp3) is 0.136. The molecule has 0 aliphatic heterocycles. The van der Waals surface area contributed by atoms with Gasteiger partial charge in [0.2, 0.25) is 0 Å². The summed E-state index contributed by atoms with van der Waals surface area (Å²) in [4.78, 5) is 13.8. The molecule has 2 heterocycles. The Kier molecular flexibility index (Phi) is 4.55. The standard InChI is InChI=1S/C22H17NO4S3/c24-21(25)22(13-16(22)14-6-2-1-3-7-14)23-30(26,27)20-11-10-18(29-20)19-12-15-8-4-5-9-17(15)28-19/h1-12,16,23H,13H2,(H,24,25)/t16-,22+/m1/s1. The average Bonchev–Trinajstić information content (AvgIpc) is 3.09. The molecule has 2 aromatic heterocycles. The van der Waals surface area contributed by atoms with Crippen molar-refractivity contribution < 1.29 is 18.3 Å². The summed E-state index contributed by atoms with van der Waals surface area (Å²) in [6, 6.07) is 22.5. The van der Waals surface area contributed by atoms with Gasteiger partial charge in [0.15, 0.2) is 0 Å². The number of rotatable bonds is 6. The lowest BCUT2D eigenvalue weighted by molar-refractivity contribution is -0.140. The molecule has 2 atom stereocenters. The number of nitrogens with one attached hydrogen (secondary N) is 1. The Hall–Kier alpha value is -2.52. The highest BCUT2D eigenvalue weighted by molar-refractivity contribution is 7.91. The van der Waals surface area contributed by atoms with Crippen LogP contribution in [0.2, 0.25) is 0 Å². The maximum atomic E-state index is 13.0. The average molecular weight is 456 g/mol. The van der Waals surface area contributed by atoms with E-state index in [4.69, 9.17) is 0 Å². The lowest BCUT2D eigenvalue weighted by Gasteiger charge is -2.14. The van der Waals surface area contributed by atoms with Crippen molar-refractivity contribution in [1.29, 1.82) is 0 Å². The Morgan fingerprint density at radius 3 is 2.43 bits per heavy atom. The SMILES string of the molecule is O=C(O)[C@]1(NS(=O)(=O)c2ccc(-c3cc4ccccc4s3)s2)C[C@@H]1c1ccccc1. The highest BCUT2D eigenvalue weighted by Gasteiger charge is 2.63. The van der Waals surface area contributed by atoms with E-state index in [1.54, 1.807) is 23.5 Å². The Morgan fingerprint density at radius 1 is 0.967 bits per heavy atom.